The fourth-order valence-electron chi connectivity index (χ4n) is 3.32. The van der Waals surface area contributed by atoms with E-state index in [9.17, 15) is 9.59 Å². The van der Waals surface area contributed by atoms with E-state index in [1.165, 1.54) is 6.92 Å². The standard InChI is InChI=1S/C25H34N4O3/c1-4-6-7-8-24(31)29-22-14-18(5-2)13-20(15-22)23(16-32-17(3)30)28-21-11-9-19(10-12-21)25(26)27/h9-15,23,28H,4-8,16H2,1-3H3,(H3,26,27)(H,29,31). The Kier molecular flexibility index (Phi) is 9.73. The molecule has 2 aromatic carbocycles. The van der Waals surface area contributed by atoms with Gasteiger partial charge in [-0.25, -0.2) is 0 Å². The number of rotatable bonds is 12. The van der Waals surface area contributed by atoms with E-state index in [2.05, 4.69) is 30.5 Å². The molecule has 0 heterocycles. The van der Waals surface area contributed by atoms with Crippen LogP contribution in [-0.2, 0) is 20.7 Å². The maximum absolute atomic E-state index is 12.3. The van der Waals surface area contributed by atoms with Crippen LogP contribution < -0.4 is 16.4 Å². The minimum atomic E-state index is -0.361. The molecule has 5 N–H and O–H groups in total. The van der Waals surface area contributed by atoms with Gasteiger partial charge in [-0.1, -0.05) is 32.8 Å². The van der Waals surface area contributed by atoms with Crippen molar-refractivity contribution in [1.82, 2.24) is 0 Å². The number of nitrogens with two attached hydrogens (primary N) is 1. The summed E-state index contributed by atoms with van der Waals surface area (Å²) in [5, 5.41) is 13.9. The molecule has 7 heteroatoms. The molecule has 0 aromatic heterocycles. The first-order valence-electron chi connectivity index (χ1n) is 11.1. The molecule has 32 heavy (non-hydrogen) atoms. The first kappa shape index (κ1) is 24.9. The number of esters is 1. The highest BCUT2D eigenvalue weighted by atomic mass is 16.5. The van der Waals surface area contributed by atoms with Gasteiger partial charge in [0.2, 0.25) is 5.91 Å². The topological polar surface area (TPSA) is 117 Å². The van der Waals surface area contributed by atoms with Gasteiger partial charge in [-0.2, -0.15) is 0 Å². The van der Waals surface area contributed by atoms with Crippen LogP contribution in [0.25, 0.3) is 0 Å². The molecule has 0 aliphatic heterocycles. The molecule has 2 aromatic rings. The summed E-state index contributed by atoms with van der Waals surface area (Å²) in [7, 11) is 0. The highest BCUT2D eigenvalue weighted by Crippen LogP contribution is 2.26. The molecule has 0 spiro atoms. The average Bonchev–Trinajstić information content (AvgIpc) is 2.76. The van der Waals surface area contributed by atoms with Gasteiger partial charge in [0.15, 0.2) is 0 Å². The van der Waals surface area contributed by atoms with E-state index in [1.54, 1.807) is 12.1 Å². The minimum absolute atomic E-state index is 0.00182. The van der Waals surface area contributed by atoms with Gasteiger partial charge in [-0.05, 0) is 60.4 Å². The number of ether oxygens (including phenoxy) is 1. The van der Waals surface area contributed by atoms with Crippen LogP contribution in [0.15, 0.2) is 42.5 Å². The fourth-order valence-corrected chi connectivity index (χ4v) is 3.32. The Bertz CT molecular complexity index is 925. The molecule has 0 bridgehead atoms. The van der Waals surface area contributed by atoms with E-state index in [0.717, 1.165) is 48.2 Å². The summed E-state index contributed by atoms with van der Waals surface area (Å²) < 4.78 is 5.31. The summed E-state index contributed by atoms with van der Waals surface area (Å²) in [5.41, 5.74) is 9.69. The van der Waals surface area contributed by atoms with Gasteiger partial charge in [0, 0.05) is 30.3 Å². The Balaban J connectivity index is 2.27. The monoisotopic (exact) mass is 438 g/mol. The van der Waals surface area contributed by atoms with Gasteiger partial charge in [0.1, 0.15) is 12.4 Å². The lowest BCUT2D eigenvalue weighted by Gasteiger charge is -2.22. The molecule has 1 amide bonds. The summed E-state index contributed by atoms with van der Waals surface area (Å²) in [6.07, 6.45) is 4.27. The zero-order valence-corrected chi connectivity index (χ0v) is 19.2. The van der Waals surface area contributed by atoms with E-state index in [4.69, 9.17) is 15.9 Å². The van der Waals surface area contributed by atoms with Gasteiger partial charge in [0.05, 0.1) is 6.04 Å². The Morgan fingerprint density at radius 2 is 1.78 bits per heavy atom. The van der Waals surface area contributed by atoms with Gasteiger partial charge in [-0.15, -0.1) is 0 Å². The van der Waals surface area contributed by atoms with Crippen molar-refractivity contribution in [3.05, 3.63) is 59.2 Å². The van der Waals surface area contributed by atoms with Gasteiger partial charge < -0.3 is 21.1 Å². The van der Waals surface area contributed by atoms with Crippen molar-refractivity contribution in [2.24, 2.45) is 5.73 Å². The van der Waals surface area contributed by atoms with Crippen molar-refractivity contribution in [1.29, 1.82) is 5.41 Å². The van der Waals surface area contributed by atoms with Crippen molar-refractivity contribution in [3.8, 4) is 0 Å². The second-order valence-electron chi connectivity index (χ2n) is 7.81. The van der Waals surface area contributed by atoms with Crippen molar-refractivity contribution in [2.75, 3.05) is 17.2 Å². The van der Waals surface area contributed by atoms with Crippen LogP contribution in [0.3, 0.4) is 0 Å². The quantitative estimate of drug-likeness (QED) is 0.165. The third kappa shape index (κ3) is 8.06. The van der Waals surface area contributed by atoms with Crippen LogP contribution in [-0.4, -0.2) is 24.3 Å². The lowest BCUT2D eigenvalue weighted by Crippen LogP contribution is -2.20. The Morgan fingerprint density at radius 3 is 2.38 bits per heavy atom. The maximum Gasteiger partial charge on any atom is 0.302 e. The van der Waals surface area contributed by atoms with Crippen LogP contribution in [0.5, 0.6) is 0 Å². The Hall–Kier alpha value is -3.35. The number of hydrogen-bond donors (Lipinski definition) is 4. The molecular formula is C25H34N4O3. The number of amidine groups is 1. The molecule has 7 nitrogen and oxygen atoms in total. The number of unbranched alkanes of at least 4 members (excludes halogenated alkanes) is 2. The van der Waals surface area contributed by atoms with Gasteiger partial charge in [0.25, 0.3) is 0 Å². The summed E-state index contributed by atoms with van der Waals surface area (Å²) in [6, 6.07) is 12.8. The van der Waals surface area contributed by atoms with Crippen LogP contribution in [0.2, 0.25) is 0 Å². The number of nitrogen functional groups attached to an aromatic ring is 1. The number of aryl methyl sites for hydroxylation is 1. The second-order valence-corrected chi connectivity index (χ2v) is 7.81. The van der Waals surface area contributed by atoms with Crippen LogP contribution in [0, 0.1) is 5.41 Å². The lowest BCUT2D eigenvalue weighted by atomic mass is 10.0. The van der Waals surface area contributed by atoms with Crippen LogP contribution in [0.4, 0.5) is 11.4 Å². The number of carbonyl (C=O) groups excluding carboxylic acids is 2. The number of anilines is 2. The largest absolute Gasteiger partial charge is 0.463 e. The molecular weight excluding hydrogens is 404 g/mol. The number of hydrogen-bond acceptors (Lipinski definition) is 5. The Labute approximate surface area is 190 Å². The van der Waals surface area contributed by atoms with Crippen molar-refractivity contribution in [2.45, 2.75) is 58.9 Å². The molecule has 0 saturated heterocycles. The van der Waals surface area contributed by atoms with E-state index in [1.807, 2.05) is 24.3 Å². The van der Waals surface area contributed by atoms with Crippen molar-refractivity contribution >= 4 is 29.1 Å². The summed E-state index contributed by atoms with van der Waals surface area (Å²) >= 11 is 0. The SMILES string of the molecule is CCCCCC(=O)Nc1cc(CC)cc(C(COC(C)=O)Nc2ccc(C(=N)N)cc2)c1. The average molecular weight is 439 g/mol. The van der Waals surface area contributed by atoms with Crippen LogP contribution in [0.1, 0.15) is 69.2 Å². The highest BCUT2D eigenvalue weighted by Gasteiger charge is 2.16. The zero-order valence-electron chi connectivity index (χ0n) is 19.2. The van der Waals surface area contributed by atoms with E-state index < -0.39 is 0 Å². The molecule has 1 unspecified atom stereocenters. The molecule has 0 aliphatic rings. The van der Waals surface area contributed by atoms with Crippen LogP contribution >= 0.6 is 0 Å². The van der Waals surface area contributed by atoms with Gasteiger partial charge in [-0.3, -0.25) is 15.0 Å². The first-order chi connectivity index (χ1) is 15.3. The molecule has 1 atom stereocenters. The lowest BCUT2D eigenvalue weighted by molar-refractivity contribution is -0.141. The summed E-state index contributed by atoms with van der Waals surface area (Å²) in [5.74, 6) is -0.357. The molecule has 0 radical (unpaired) electrons. The Morgan fingerprint density at radius 1 is 1.06 bits per heavy atom. The summed E-state index contributed by atoms with van der Waals surface area (Å²) in [6.45, 7) is 5.68. The maximum atomic E-state index is 12.3. The smallest absolute Gasteiger partial charge is 0.302 e. The van der Waals surface area contributed by atoms with E-state index >= 15 is 0 Å². The van der Waals surface area contributed by atoms with Gasteiger partial charge >= 0.3 is 5.97 Å². The van der Waals surface area contributed by atoms with Crippen molar-refractivity contribution < 1.29 is 14.3 Å². The molecule has 0 saturated carbocycles. The predicted octanol–water partition coefficient (Wildman–Crippen LogP) is 4.77. The molecule has 0 aliphatic carbocycles. The van der Waals surface area contributed by atoms with E-state index in [-0.39, 0.29) is 30.4 Å². The molecule has 172 valence electrons. The highest BCUT2D eigenvalue weighted by molar-refractivity contribution is 5.95. The number of benzene rings is 2. The molecule has 2 rings (SSSR count). The number of nitrogens with one attached hydrogen (secondary N) is 3. The first-order valence-corrected chi connectivity index (χ1v) is 11.1. The predicted molar refractivity (Wildman–Crippen MR) is 129 cm³/mol. The third-order valence-corrected chi connectivity index (χ3v) is 5.11. The molecule has 0 fully saturated rings. The fraction of sp³-hybridized carbons (Fsp3) is 0.400. The number of amides is 1. The van der Waals surface area contributed by atoms with Crippen molar-refractivity contribution in [3.63, 3.8) is 0 Å². The second kappa shape index (κ2) is 12.5. The van der Waals surface area contributed by atoms with E-state index in [0.29, 0.717) is 12.0 Å². The third-order valence-electron chi connectivity index (χ3n) is 5.11. The zero-order chi connectivity index (χ0) is 23.5. The minimum Gasteiger partial charge on any atom is -0.463 e. The normalized spacial score (nSPS) is 11.5. The number of carbonyl (C=O) groups is 2. The summed E-state index contributed by atoms with van der Waals surface area (Å²) in [4.78, 5) is 23.8.